The van der Waals surface area contributed by atoms with Gasteiger partial charge in [0.05, 0.1) is 33.4 Å². The quantitative estimate of drug-likeness (QED) is 0.399. The lowest BCUT2D eigenvalue weighted by atomic mass is 10.1. The zero-order valence-electron chi connectivity index (χ0n) is 19.4. The second kappa shape index (κ2) is 10.6. The summed E-state index contributed by atoms with van der Waals surface area (Å²) < 4.78 is 18.0. The number of rotatable bonds is 9. The van der Waals surface area contributed by atoms with Gasteiger partial charge < -0.3 is 19.5 Å². The number of hydrogen-bond donors (Lipinski definition) is 1. The lowest BCUT2D eigenvalue weighted by molar-refractivity contribution is 0.0951. The Morgan fingerprint density at radius 2 is 1.71 bits per heavy atom. The Morgan fingerprint density at radius 1 is 0.912 bits per heavy atom. The number of methoxy groups -OCH3 is 3. The van der Waals surface area contributed by atoms with Crippen LogP contribution in [0.1, 0.15) is 21.5 Å². The summed E-state index contributed by atoms with van der Waals surface area (Å²) in [6.07, 6.45) is 1.78. The van der Waals surface area contributed by atoms with Crippen LogP contribution in [0.5, 0.6) is 17.2 Å². The number of para-hydroxylation sites is 1. The van der Waals surface area contributed by atoms with Crippen molar-refractivity contribution in [1.29, 1.82) is 0 Å². The molecule has 0 saturated carbocycles. The van der Waals surface area contributed by atoms with Gasteiger partial charge in [-0.15, -0.1) is 0 Å². The molecule has 0 atom stereocenters. The summed E-state index contributed by atoms with van der Waals surface area (Å²) in [7, 11) is 4.78. The van der Waals surface area contributed by atoms with Gasteiger partial charge >= 0.3 is 0 Å². The Labute approximate surface area is 198 Å². The van der Waals surface area contributed by atoms with Crippen LogP contribution in [0.3, 0.4) is 0 Å². The summed E-state index contributed by atoms with van der Waals surface area (Å²) in [4.78, 5) is 13.3. The fraction of sp³-hybridized carbons (Fsp3) is 0.185. The van der Waals surface area contributed by atoms with E-state index in [1.54, 1.807) is 32.2 Å². The summed E-state index contributed by atoms with van der Waals surface area (Å²) in [6, 6.07) is 23.1. The number of aromatic nitrogens is 2. The van der Waals surface area contributed by atoms with Gasteiger partial charge in [0, 0.05) is 23.9 Å². The van der Waals surface area contributed by atoms with E-state index in [1.807, 2.05) is 72.8 Å². The molecule has 0 fully saturated rings. The highest BCUT2D eigenvalue weighted by atomic mass is 16.5. The van der Waals surface area contributed by atoms with E-state index >= 15 is 0 Å². The second-order valence-electron chi connectivity index (χ2n) is 7.64. The third-order valence-electron chi connectivity index (χ3n) is 5.46. The number of carbonyl (C=O) groups excluding carboxylic acids is 1. The average molecular weight is 458 g/mol. The van der Waals surface area contributed by atoms with Gasteiger partial charge in [0.15, 0.2) is 11.5 Å². The Balaban J connectivity index is 1.64. The van der Waals surface area contributed by atoms with Crippen LogP contribution in [0.4, 0.5) is 0 Å². The Bertz CT molecular complexity index is 1270. The predicted molar refractivity (Wildman–Crippen MR) is 130 cm³/mol. The first-order chi connectivity index (χ1) is 16.6. The molecule has 1 amide bonds. The van der Waals surface area contributed by atoms with Gasteiger partial charge in [-0.25, -0.2) is 0 Å². The molecule has 0 unspecified atom stereocenters. The minimum atomic E-state index is -0.234. The number of nitrogens with zero attached hydrogens (tertiary/aromatic N) is 2. The fourth-order valence-electron chi connectivity index (χ4n) is 3.79. The molecule has 1 heterocycles. The molecule has 4 aromatic rings. The molecule has 0 aliphatic heterocycles. The molecule has 7 nitrogen and oxygen atoms in total. The third kappa shape index (κ3) is 5.04. The summed E-state index contributed by atoms with van der Waals surface area (Å²) >= 11 is 0. The average Bonchev–Trinajstić information content (AvgIpc) is 3.31. The van der Waals surface area contributed by atoms with Gasteiger partial charge in [0.1, 0.15) is 11.4 Å². The van der Waals surface area contributed by atoms with Crippen LogP contribution in [0.25, 0.3) is 11.3 Å². The van der Waals surface area contributed by atoms with E-state index in [4.69, 9.17) is 19.3 Å². The Kier molecular flexibility index (Phi) is 7.13. The maximum Gasteiger partial charge on any atom is 0.255 e. The smallest absolute Gasteiger partial charge is 0.255 e. The van der Waals surface area contributed by atoms with Gasteiger partial charge in [-0.05, 0) is 23.8 Å². The zero-order valence-corrected chi connectivity index (χ0v) is 19.4. The van der Waals surface area contributed by atoms with E-state index in [0.29, 0.717) is 35.1 Å². The van der Waals surface area contributed by atoms with E-state index in [0.717, 1.165) is 16.7 Å². The van der Waals surface area contributed by atoms with Gasteiger partial charge in [-0.2, -0.15) is 5.10 Å². The van der Waals surface area contributed by atoms with Crippen LogP contribution >= 0.6 is 0 Å². The number of carbonyl (C=O) groups is 1. The number of nitrogens with one attached hydrogen (secondary N) is 1. The largest absolute Gasteiger partial charge is 0.497 e. The highest BCUT2D eigenvalue weighted by Gasteiger charge is 2.19. The lowest BCUT2D eigenvalue weighted by Crippen LogP contribution is -2.23. The van der Waals surface area contributed by atoms with Crippen molar-refractivity contribution >= 4 is 5.91 Å². The molecule has 3 aromatic carbocycles. The van der Waals surface area contributed by atoms with Crippen molar-refractivity contribution in [1.82, 2.24) is 15.1 Å². The molecule has 174 valence electrons. The van der Waals surface area contributed by atoms with Crippen molar-refractivity contribution in [2.24, 2.45) is 0 Å². The van der Waals surface area contributed by atoms with Crippen molar-refractivity contribution in [3.63, 3.8) is 0 Å². The zero-order chi connectivity index (χ0) is 23.9. The van der Waals surface area contributed by atoms with Crippen LogP contribution in [-0.2, 0) is 13.1 Å². The number of ether oxygens (including phenoxy) is 3. The van der Waals surface area contributed by atoms with Crippen molar-refractivity contribution in [3.8, 4) is 28.5 Å². The van der Waals surface area contributed by atoms with Crippen LogP contribution < -0.4 is 19.5 Å². The molecule has 1 N–H and O–H groups in total. The summed E-state index contributed by atoms with van der Waals surface area (Å²) in [5.41, 5.74) is 3.77. The lowest BCUT2D eigenvalue weighted by Gasteiger charge is -2.13. The molecule has 0 bridgehead atoms. The van der Waals surface area contributed by atoms with E-state index in [-0.39, 0.29) is 12.5 Å². The van der Waals surface area contributed by atoms with Crippen LogP contribution in [0.15, 0.2) is 79.0 Å². The first kappa shape index (κ1) is 22.9. The molecule has 0 spiro atoms. The first-order valence-electron chi connectivity index (χ1n) is 10.9. The maximum absolute atomic E-state index is 13.3. The monoisotopic (exact) mass is 457 g/mol. The molecule has 0 radical (unpaired) electrons. The SMILES string of the molecule is COc1cccc(-c2nn(Cc3ccccc3)cc2C(=O)NCc2cccc(OC)c2OC)c1. The number of amides is 1. The first-order valence-corrected chi connectivity index (χ1v) is 10.9. The van der Waals surface area contributed by atoms with E-state index in [9.17, 15) is 4.79 Å². The molecule has 1 aromatic heterocycles. The molecule has 0 saturated heterocycles. The predicted octanol–water partition coefficient (Wildman–Crippen LogP) is 4.55. The number of benzene rings is 3. The standard InChI is InChI=1S/C27H27N3O4/c1-32-22-13-7-11-20(15-22)25-23(18-30(29-25)17-19-9-5-4-6-10-19)27(31)28-16-21-12-8-14-24(33-2)26(21)34-3/h4-15,18H,16-17H2,1-3H3,(H,28,31). The molecule has 7 heteroatoms. The fourth-order valence-corrected chi connectivity index (χ4v) is 3.79. The van der Waals surface area contributed by atoms with Crippen molar-refractivity contribution < 1.29 is 19.0 Å². The van der Waals surface area contributed by atoms with E-state index in [2.05, 4.69) is 5.32 Å². The van der Waals surface area contributed by atoms with Gasteiger partial charge in [-0.3, -0.25) is 9.48 Å². The molecular weight excluding hydrogens is 430 g/mol. The maximum atomic E-state index is 13.3. The van der Waals surface area contributed by atoms with Crippen LogP contribution in [0.2, 0.25) is 0 Å². The molecular formula is C27H27N3O4. The van der Waals surface area contributed by atoms with Crippen molar-refractivity contribution in [3.05, 3.63) is 95.7 Å². The van der Waals surface area contributed by atoms with Gasteiger partial charge in [0.25, 0.3) is 5.91 Å². The van der Waals surface area contributed by atoms with Crippen LogP contribution in [-0.4, -0.2) is 37.0 Å². The minimum absolute atomic E-state index is 0.234. The highest BCUT2D eigenvalue weighted by molar-refractivity contribution is 5.99. The Hall–Kier alpha value is -4.26. The summed E-state index contributed by atoms with van der Waals surface area (Å²) in [5.74, 6) is 1.67. The van der Waals surface area contributed by atoms with E-state index in [1.165, 1.54) is 0 Å². The highest BCUT2D eigenvalue weighted by Crippen LogP contribution is 2.31. The van der Waals surface area contributed by atoms with Crippen molar-refractivity contribution in [2.45, 2.75) is 13.1 Å². The van der Waals surface area contributed by atoms with Gasteiger partial charge in [0.2, 0.25) is 0 Å². The molecule has 0 aliphatic rings. The molecule has 4 rings (SSSR count). The molecule has 34 heavy (non-hydrogen) atoms. The summed E-state index contributed by atoms with van der Waals surface area (Å²) in [5, 5.41) is 7.74. The topological polar surface area (TPSA) is 74.6 Å². The minimum Gasteiger partial charge on any atom is -0.497 e. The van der Waals surface area contributed by atoms with Crippen molar-refractivity contribution in [2.75, 3.05) is 21.3 Å². The van der Waals surface area contributed by atoms with Gasteiger partial charge in [-0.1, -0.05) is 54.6 Å². The van der Waals surface area contributed by atoms with Crippen LogP contribution in [0, 0.1) is 0 Å². The van der Waals surface area contributed by atoms with E-state index < -0.39 is 0 Å². The normalized spacial score (nSPS) is 10.6. The molecule has 0 aliphatic carbocycles. The number of hydrogen-bond acceptors (Lipinski definition) is 5. The summed E-state index contributed by atoms with van der Waals surface area (Å²) in [6.45, 7) is 0.829. The Morgan fingerprint density at radius 3 is 2.44 bits per heavy atom. The second-order valence-corrected chi connectivity index (χ2v) is 7.64. The third-order valence-corrected chi connectivity index (χ3v) is 5.46.